The fourth-order valence-electron chi connectivity index (χ4n) is 3.86. The number of likely N-dealkylation sites (N-methyl/N-ethyl adjacent to an activating group) is 1. The number of rotatable bonds is 10. The van der Waals surface area contributed by atoms with Gasteiger partial charge in [0.2, 0.25) is 0 Å². The summed E-state index contributed by atoms with van der Waals surface area (Å²) in [4.78, 5) is 4.62. The minimum absolute atomic E-state index is 0.185. The summed E-state index contributed by atoms with van der Waals surface area (Å²) in [5.41, 5.74) is 2.58. The summed E-state index contributed by atoms with van der Waals surface area (Å²) in [6.07, 6.45) is 0.545. The van der Waals surface area contributed by atoms with Crippen molar-refractivity contribution in [2.75, 3.05) is 53.5 Å². The molecule has 0 unspecified atom stereocenters. The summed E-state index contributed by atoms with van der Waals surface area (Å²) in [5.74, 6) is 1.07. The largest absolute Gasteiger partial charge is 0.493 e. The molecule has 1 heterocycles. The summed E-state index contributed by atoms with van der Waals surface area (Å²) in [5, 5.41) is 13.8. The number of aliphatic hydroxyl groups is 1. The van der Waals surface area contributed by atoms with E-state index < -0.39 is 6.10 Å². The summed E-state index contributed by atoms with van der Waals surface area (Å²) >= 11 is 0. The molecule has 0 saturated carbocycles. The average molecular weight is 446 g/mol. The van der Waals surface area contributed by atoms with Gasteiger partial charge >= 0.3 is 0 Å². The number of aliphatic hydroxyl groups excluding tert-OH is 1. The summed E-state index contributed by atoms with van der Waals surface area (Å²) < 4.78 is 25.1. The number of benzene rings is 2. The Hall–Kier alpha value is -2.19. The van der Waals surface area contributed by atoms with E-state index in [0.29, 0.717) is 36.7 Å². The van der Waals surface area contributed by atoms with Crippen LogP contribution < -0.4 is 14.8 Å². The molecule has 1 aliphatic rings. The van der Waals surface area contributed by atoms with Gasteiger partial charge in [-0.15, -0.1) is 0 Å². The first-order valence-electron chi connectivity index (χ1n) is 11.3. The van der Waals surface area contributed by atoms with Crippen LogP contribution in [0.2, 0.25) is 0 Å². The fraction of sp³-hybridized carbons (Fsp3) is 0.520. The summed E-state index contributed by atoms with van der Waals surface area (Å²) in [6, 6.07) is 11.1. The number of aryl methyl sites for hydroxylation is 1. The first kappa shape index (κ1) is 24.5. The first-order valence-corrected chi connectivity index (χ1v) is 11.3. The van der Waals surface area contributed by atoms with E-state index in [1.54, 1.807) is 26.2 Å². The Labute approximate surface area is 190 Å². The van der Waals surface area contributed by atoms with E-state index >= 15 is 0 Å². The van der Waals surface area contributed by atoms with Crippen LogP contribution in [0.15, 0.2) is 36.4 Å². The predicted molar refractivity (Wildman–Crippen MR) is 125 cm³/mol. The third kappa shape index (κ3) is 7.45. The zero-order valence-corrected chi connectivity index (χ0v) is 19.4. The summed E-state index contributed by atoms with van der Waals surface area (Å²) in [7, 11) is 3.74. The monoisotopic (exact) mass is 445 g/mol. The predicted octanol–water partition coefficient (Wildman–Crippen LogP) is 2.81. The molecule has 2 aromatic carbocycles. The summed E-state index contributed by atoms with van der Waals surface area (Å²) in [6.45, 7) is 7.83. The van der Waals surface area contributed by atoms with E-state index in [1.807, 2.05) is 24.3 Å². The third-order valence-electron chi connectivity index (χ3n) is 5.83. The molecule has 176 valence electrons. The molecule has 0 amide bonds. The lowest BCUT2D eigenvalue weighted by Crippen LogP contribution is -2.37. The van der Waals surface area contributed by atoms with Crippen molar-refractivity contribution in [3.63, 3.8) is 0 Å². The van der Waals surface area contributed by atoms with Gasteiger partial charge in [-0.25, -0.2) is 4.39 Å². The Bertz CT molecular complexity index is 864. The maximum Gasteiger partial charge on any atom is 0.161 e. The van der Waals surface area contributed by atoms with Crippen LogP contribution in [0.25, 0.3) is 0 Å². The third-order valence-corrected chi connectivity index (χ3v) is 5.83. The van der Waals surface area contributed by atoms with Gasteiger partial charge in [0, 0.05) is 32.7 Å². The van der Waals surface area contributed by atoms with E-state index in [9.17, 15) is 9.50 Å². The fourth-order valence-corrected chi connectivity index (χ4v) is 3.86. The maximum absolute atomic E-state index is 13.7. The van der Waals surface area contributed by atoms with Gasteiger partial charge in [-0.2, -0.15) is 0 Å². The second-order valence-electron chi connectivity index (χ2n) is 8.59. The van der Waals surface area contributed by atoms with Crippen LogP contribution in [0.1, 0.15) is 23.1 Å². The van der Waals surface area contributed by atoms with Crippen LogP contribution in [0, 0.1) is 12.7 Å². The molecule has 1 aliphatic heterocycles. The lowest BCUT2D eigenvalue weighted by molar-refractivity contribution is 0.0685. The van der Waals surface area contributed by atoms with Gasteiger partial charge in [0.1, 0.15) is 18.5 Å². The Morgan fingerprint density at radius 3 is 2.53 bits per heavy atom. The minimum Gasteiger partial charge on any atom is -0.493 e. The Morgan fingerprint density at radius 2 is 1.78 bits per heavy atom. The highest BCUT2D eigenvalue weighted by Gasteiger charge is 2.17. The van der Waals surface area contributed by atoms with Crippen LogP contribution in [0.5, 0.6) is 11.5 Å². The Balaban J connectivity index is 1.50. The van der Waals surface area contributed by atoms with Crippen molar-refractivity contribution in [2.24, 2.45) is 0 Å². The van der Waals surface area contributed by atoms with Crippen LogP contribution >= 0.6 is 0 Å². The molecule has 6 nitrogen and oxygen atoms in total. The number of halogens is 1. The van der Waals surface area contributed by atoms with Crippen molar-refractivity contribution < 1.29 is 19.0 Å². The Kier molecular flexibility index (Phi) is 9.29. The van der Waals surface area contributed by atoms with Crippen molar-refractivity contribution in [1.82, 2.24) is 15.1 Å². The average Bonchev–Trinajstić information content (AvgIpc) is 2.98. The second kappa shape index (κ2) is 12.2. The van der Waals surface area contributed by atoms with Gasteiger partial charge in [-0.1, -0.05) is 18.2 Å². The molecule has 2 N–H and O–H groups in total. The van der Waals surface area contributed by atoms with E-state index in [1.165, 1.54) is 0 Å². The number of nitrogens with one attached hydrogen (secondary N) is 1. The van der Waals surface area contributed by atoms with Crippen molar-refractivity contribution in [2.45, 2.75) is 32.5 Å². The van der Waals surface area contributed by atoms with Gasteiger partial charge in [0.15, 0.2) is 11.5 Å². The number of hydrogen-bond donors (Lipinski definition) is 2. The van der Waals surface area contributed by atoms with Gasteiger partial charge in [-0.3, -0.25) is 4.90 Å². The lowest BCUT2D eigenvalue weighted by Gasteiger charge is -2.23. The van der Waals surface area contributed by atoms with Crippen LogP contribution in [0.4, 0.5) is 4.39 Å². The molecule has 0 aliphatic carbocycles. The highest BCUT2D eigenvalue weighted by atomic mass is 19.1. The molecule has 1 saturated heterocycles. The smallest absolute Gasteiger partial charge is 0.161 e. The van der Waals surface area contributed by atoms with Gasteiger partial charge in [-0.05, 0) is 68.4 Å². The zero-order chi connectivity index (χ0) is 22.9. The molecule has 0 radical (unpaired) electrons. The quantitative estimate of drug-likeness (QED) is 0.587. The van der Waals surface area contributed by atoms with Crippen molar-refractivity contribution in [3.05, 3.63) is 58.9 Å². The van der Waals surface area contributed by atoms with Gasteiger partial charge < -0.3 is 24.8 Å². The van der Waals surface area contributed by atoms with E-state index in [2.05, 4.69) is 22.2 Å². The minimum atomic E-state index is -0.568. The molecule has 0 bridgehead atoms. The molecule has 1 fully saturated rings. The number of hydrogen-bond acceptors (Lipinski definition) is 6. The number of methoxy groups -OCH3 is 1. The topological polar surface area (TPSA) is 57.2 Å². The van der Waals surface area contributed by atoms with Crippen molar-refractivity contribution in [1.29, 1.82) is 0 Å². The van der Waals surface area contributed by atoms with Gasteiger partial charge in [0.25, 0.3) is 0 Å². The molecule has 0 aromatic heterocycles. The molecule has 1 atom stereocenters. The van der Waals surface area contributed by atoms with Crippen molar-refractivity contribution >= 4 is 0 Å². The first-order chi connectivity index (χ1) is 15.4. The molecule has 32 heavy (non-hydrogen) atoms. The molecular weight excluding hydrogens is 409 g/mol. The van der Waals surface area contributed by atoms with E-state index in [0.717, 1.165) is 43.7 Å². The molecular formula is C25H36FN3O3. The van der Waals surface area contributed by atoms with Crippen molar-refractivity contribution in [3.8, 4) is 11.5 Å². The maximum atomic E-state index is 13.7. The van der Waals surface area contributed by atoms with E-state index in [-0.39, 0.29) is 12.4 Å². The number of β-amino-alcohol motifs (C(OH)–C–C–N with tert-alkyl or cyclic N) is 1. The Morgan fingerprint density at radius 1 is 1.03 bits per heavy atom. The number of ether oxygens (including phenoxy) is 2. The second-order valence-corrected chi connectivity index (χ2v) is 8.59. The van der Waals surface area contributed by atoms with Crippen LogP contribution in [-0.2, 0) is 13.1 Å². The highest BCUT2D eigenvalue weighted by Crippen LogP contribution is 2.28. The van der Waals surface area contributed by atoms with Crippen LogP contribution in [-0.4, -0.2) is 74.5 Å². The van der Waals surface area contributed by atoms with Crippen LogP contribution in [0.3, 0.4) is 0 Å². The zero-order valence-electron chi connectivity index (χ0n) is 19.4. The normalized spacial score (nSPS) is 16.5. The van der Waals surface area contributed by atoms with Gasteiger partial charge in [0.05, 0.1) is 7.11 Å². The lowest BCUT2D eigenvalue weighted by atomic mass is 10.1. The SMILES string of the molecule is COc1ccc(CNCc2ccc(C)c(F)c2)cc1OC[C@H](O)CN1CCCN(C)CC1. The molecule has 0 spiro atoms. The highest BCUT2D eigenvalue weighted by molar-refractivity contribution is 5.43. The standard InChI is InChI=1S/C25H36FN3O3/c1-19-5-6-20(13-23(19)26)15-27-16-21-7-8-24(31-3)25(14-21)32-18-22(30)17-29-10-4-9-28(2)11-12-29/h5-8,13-14,22,27,30H,4,9-12,15-18H2,1-3H3/t22-/m1/s1. The number of nitrogens with zero attached hydrogens (tertiary/aromatic N) is 2. The molecule has 3 rings (SSSR count). The van der Waals surface area contributed by atoms with E-state index in [4.69, 9.17) is 9.47 Å². The molecule has 7 heteroatoms. The molecule has 2 aromatic rings.